The van der Waals surface area contributed by atoms with Crippen LogP contribution >= 0.6 is 0 Å². The van der Waals surface area contributed by atoms with Crippen LogP contribution in [0.3, 0.4) is 0 Å². The standard InChI is InChI=1S/C17H22N6O/c1-22-6-8-23(9-7-22)15-4-5-16(18-13-15)21-17-19-11-14(12-20-17)3-2-10-24/h2-5,11-13,24H,6-10H2,1H3,(H,18,19,20,21)/b3-2+. The summed E-state index contributed by atoms with van der Waals surface area (Å²) in [5.74, 6) is 1.21. The highest BCUT2D eigenvalue weighted by molar-refractivity contribution is 5.54. The molecule has 0 spiro atoms. The van der Waals surface area contributed by atoms with E-state index >= 15 is 0 Å². The van der Waals surface area contributed by atoms with Crippen LogP contribution in [-0.4, -0.2) is 64.8 Å². The average Bonchev–Trinajstić information content (AvgIpc) is 2.63. The van der Waals surface area contributed by atoms with Crippen LogP contribution < -0.4 is 10.2 Å². The summed E-state index contributed by atoms with van der Waals surface area (Å²) in [6.07, 6.45) is 8.68. The van der Waals surface area contributed by atoms with E-state index in [-0.39, 0.29) is 6.61 Å². The minimum atomic E-state index is 0.00355. The minimum absolute atomic E-state index is 0.00355. The molecule has 1 aliphatic rings. The highest BCUT2D eigenvalue weighted by atomic mass is 16.2. The lowest BCUT2D eigenvalue weighted by atomic mass is 10.3. The summed E-state index contributed by atoms with van der Waals surface area (Å²) in [5, 5.41) is 11.8. The fourth-order valence-electron chi connectivity index (χ4n) is 2.50. The van der Waals surface area contributed by atoms with Gasteiger partial charge in [0.2, 0.25) is 5.95 Å². The number of nitrogens with zero attached hydrogens (tertiary/aromatic N) is 5. The smallest absolute Gasteiger partial charge is 0.228 e. The second-order valence-electron chi connectivity index (χ2n) is 5.74. The molecule has 0 bridgehead atoms. The monoisotopic (exact) mass is 326 g/mol. The maximum Gasteiger partial charge on any atom is 0.228 e. The first-order valence-corrected chi connectivity index (χ1v) is 8.00. The third-order valence-corrected chi connectivity index (χ3v) is 3.94. The Labute approximate surface area is 141 Å². The molecule has 0 saturated carbocycles. The van der Waals surface area contributed by atoms with Gasteiger partial charge >= 0.3 is 0 Å². The van der Waals surface area contributed by atoms with Crippen LogP contribution in [0.4, 0.5) is 17.5 Å². The van der Waals surface area contributed by atoms with E-state index in [4.69, 9.17) is 5.11 Å². The van der Waals surface area contributed by atoms with Gasteiger partial charge < -0.3 is 20.2 Å². The second kappa shape index (κ2) is 7.85. The van der Waals surface area contributed by atoms with Crippen LogP contribution in [0.1, 0.15) is 5.56 Å². The van der Waals surface area contributed by atoms with E-state index in [0.717, 1.165) is 37.4 Å². The molecule has 3 heterocycles. The van der Waals surface area contributed by atoms with Gasteiger partial charge in [-0.1, -0.05) is 12.2 Å². The number of aromatic nitrogens is 3. The van der Waals surface area contributed by atoms with Gasteiger partial charge in [0.25, 0.3) is 0 Å². The molecule has 7 nitrogen and oxygen atoms in total. The zero-order valence-corrected chi connectivity index (χ0v) is 13.8. The Hall–Kier alpha value is -2.51. The van der Waals surface area contributed by atoms with Crippen molar-refractivity contribution < 1.29 is 5.11 Å². The highest BCUT2D eigenvalue weighted by Crippen LogP contribution is 2.18. The number of nitrogens with one attached hydrogen (secondary N) is 1. The molecule has 3 rings (SSSR count). The topological polar surface area (TPSA) is 77.4 Å². The maximum atomic E-state index is 8.75. The molecular weight excluding hydrogens is 304 g/mol. The van der Waals surface area contributed by atoms with Gasteiger partial charge in [0.05, 0.1) is 18.5 Å². The molecule has 2 N–H and O–H groups in total. The minimum Gasteiger partial charge on any atom is -0.392 e. The Balaban J connectivity index is 1.60. The first kappa shape index (κ1) is 16.4. The summed E-state index contributed by atoms with van der Waals surface area (Å²) in [5.41, 5.74) is 1.98. The molecule has 0 aliphatic carbocycles. The summed E-state index contributed by atoms with van der Waals surface area (Å²) in [6, 6.07) is 4.01. The molecule has 2 aromatic heterocycles. The molecule has 7 heteroatoms. The van der Waals surface area contributed by atoms with Crippen LogP contribution in [0.15, 0.2) is 36.8 Å². The lowest BCUT2D eigenvalue weighted by Gasteiger charge is -2.33. The molecule has 0 unspecified atom stereocenters. The molecule has 0 atom stereocenters. The van der Waals surface area contributed by atoms with Gasteiger partial charge in [0.1, 0.15) is 5.82 Å². The molecule has 1 aliphatic heterocycles. The molecule has 1 saturated heterocycles. The van der Waals surface area contributed by atoms with E-state index in [1.54, 1.807) is 24.5 Å². The van der Waals surface area contributed by atoms with Crippen molar-refractivity contribution in [1.82, 2.24) is 19.9 Å². The summed E-state index contributed by atoms with van der Waals surface area (Å²) >= 11 is 0. The molecule has 24 heavy (non-hydrogen) atoms. The molecule has 0 amide bonds. The first-order valence-electron chi connectivity index (χ1n) is 8.00. The predicted molar refractivity (Wildman–Crippen MR) is 95.4 cm³/mol. The molecule has 2 aromatic rings. The van der Waals surface area contributed by atoms with Gasteiger partial charge in [-0.25, -0.2) is 15.0 Å². The lowest BCUT2D eigenvalue weighted by Crippen LogP contribution is -2.44. The Morgan fingerprint density at radius 3 is 2.46 bits per heavy atom. The number of anilines is 3. The van der Waals surface area contributed by atoms with E-state index in [2.05, 4.69) is 43.2 Å². The highest BCUT2D eigenvalue weighted by Gasteiger charge is 2.14. The van der Waals surface area contributed by atoms with Gasteiger partial charge in [-0.05, 0) is 19.2 Å². The number of hydrogen-bond donors (Lipinski definition) is 2. The van der Waals surface area contributed by atoms with E-state index in [1.165, 1.54) is 0 Å². The number of aliphatic hydroxyl groups is 1. The van der Waals surface area contributed by atoms with E-state index < -0.39 is 0 Å². The molecule has 1 fully saturated rings. The Bertz CT molecular complexity index is 662. The first-order chi connectivity index (χ1) is 11.7. The Morgan fingerprint density at radius 1 is 1.08 bits per heavy atom. The van der Waals surface area contributed by atoms with Crippen molar-refractivity contribution >= 4 is 23.5 Å². The fraction of sp³-hybridized carbons (Fsp3) is 0.353. The summed E-state index contributed by atoms with van der Waals surface area (Å²) in [4.78, 5) is 17.6. The van der Waals surface area contributed by atoms with E-state index in [9.17, 15) is 0 Å². The second-order valence-corrected chi connectivity index (χ2v) is 5.74. The summed E-state index contributed by atoms with van der Waals surface area (Å²) < 4.78 is 0. The van der Waals surface area contributed by atoms with Crippen LogP contribution in [0.5, 0.6) is 0 Å². The summed E-state index contributed by atoms with van der Waals surface area (Å²) in [6.45, 7) is 4.20. The van der Waals surface area contributed by atoms with Crippen LogP contribution in [0.25, 0.3) is 6.08 Å². The van der Waals surface area contributed by atoms with Crippen molar-refractivity contribution in [2.24, 2.45) is 0 Å². The Kier molecular flexibility index (Phi) is 5.35. The zero-order valence-electron chi connectivity index (χ0n) is 13.8. The average molecular weight is 326 g/mol. The third kappa shape index (κ3) is 4.27. The van der Waals surface area contributed by atoms with Gasteiger partial charge in [0.15, 0.2) is 0 Å². The van der Waals surface area contributed by atoms with Gasteiger partial charge in [-0.2, -0.15) is 0 Å². The number of piperazine rings is 1. The van der Waals surface area contributed by atoms with Crippen molar-refractivity contribution in [3.05, 3.63) is 42.4 Å². The van der Waals surface area contributed by atoms with Crippen molar-refractivity contribution in [3.8, 4) is 0 Å². The Morgan fingerprint density at radius 2 is 1.83 bits per heavy atom. The largest absolute Gasteiger partial charge is 0.392 e. The van der Waals surface area contributed by atoms with Crippen LogP contribution in [-0.2, 0) is 0 Å². The predicted octanol–water partition coefficient (Wildman–Crippen LogP) is 1.37. The van der Waals surface area contributed by atoms with Crippen molar-refractivity contribution in [3.63, 3.8) is 0 Å². The number of aliphatic hydroxyl groups excluding tert-OH is 1. The fourth-order valence-corrected chi connectivity index (χ4v) is 2.50. The van der Waals surface area contributed by atoms with Gasteiger partial charge in [0, 0.05) is 44.1 Å². The third-order valence-electron chi connectivity index (χ3n) is 3.94. The number of pyridine rings is 1. The number of likely N-dealkylation sites (N-methyl/N-ethyl adjacent to an activating group) is 1. The van der Waals surface area contributed by atoms with Gasteiger partial charge in [-0.15, -0.1) is 0 Å². The van der Waals surface area contributed by atoms with Crippen LogP contribution in [0, 0.1) is 0 Å². The van der Waals surface area contributed by atoms with Crippen LogP contribution in [0.2, 0.25) is 0 Å². The molecular formula is C17H22N6O. The zero-order chi connectivity index (χ0) is 16.8. The van der Waals surface area contributed by atoms with Crippen molar-refractivity contribution in [2.75, 3.05) is 50.1 Å². The maximum absolute atomic E-state index is 8.75. The summed E-state index contributed by atoms with van der Waals surface area (Å²) in [7, 11) is 2.15. The quantitative estimate of drug-likeness (QED) is 0.859. The number of rotatable bonds is 5. The van der Waals surface area contributed by atoms with E-state index in [0.29, 0.717) is 11.8 Å². The number of hydrogen-bond acceptors (Lipinski definition) is 7. The SMILES string of the molecule is CN1CCN(c2ccc(Nc3ncc(/C=C/CO)cn3)nc2)CC1. The van der Waals surface area contributed by atoms with E-state index in [1.807, 2.05) is 12.3 Å². The van der Waals surface area contributed by atoms with Gasteiger partial charge in [-0.3, -0.25) is 0 Å². The normalized spacial score (nSPS) is 15.8. The molecule has 0 radical (unpaired) electrons. The van der Waals surface area contributed by atoms with Crippen molar-refractivity contribution in [2.45, 2.75) is 0 Å². The molecule has 0 aromatic carbocycles. The molecule has 126 valence electrons. The van der Waals surface area contributed by atoms with Crippen molar-refractivity contribution in [1.29, 1.82) is 0 Å². The lowest BCUT2D eigenvalue weighted by molar-refractivity contribution is 0.313.